The van der Waals surface area contributed by atoms with Gasteiger partial charge in [0.25, 0.3) is 0 Å². The molecule has 0 aliphatic carbocycles. The van der Waals surface area contributed by atoms with Crippen molar-refractivity contribution in [2.24, 2.45) is 0 Å². The highest BCUT2D eigenvalue weighted by atomic mass is 32.1. The Hall–Kier alpha value is -1.19. The van der Waals surface area contributed by atoms with Crippen molar-refractivity contribution in [3.8, 4) is 0 Å². The fraction of sp³-hybridized carbons (Fsp3) is 0.308. The fourth-order valence-electron chi connectivity index (χ4n) is 1.66. The van der Waals surface area contributed by atoms with E-state index in [0.29, 0.717) is 0 Å². The Morgan fingerprint density at radius 2 is 2.25 bits per heavy atom. The van der Waals surface area contributed by atoms with E-state index in [-0.39, 0.29) is 0 Å². The number of thiazole rings is 1. The smallest absolute Gasteiger partial charge is 0.122 e. The average molecular weight is 233 g/mol. The highest BCUT2D eigenvalue weighted by Gasteiger charge is 2.13. The van der Waals surface area contributed by atoms with Crippen molar-refractivity contribution in [2.45, 2.75) is 26.4 Å². The zero-order chi connectivity index (χ0) is 11.5. The molecule has 0 spiro atoms. The van der Waals surface area contributed by atoms with Gasteiger partial charge in [-0.25, -0.2) is 4.98 Å². The highest BCUT2D eigenvalue weighted by molar-refractivity contribution is 7.09. The van der Waals surface area contributed by atoms with Crippen molar-refractivity contribution in [1.29, 1.82) is 0 Å². The van der Waals surface area contributed by atoms with Gasteiger partial charge in [-0.2, -0.15) is 0 Å². The summed E-state index contributed by atoms with van der Waals surface area (Å²) in [6, 6.07) is 8.04. The third-order valence-corrected chi connectivity index (χ3v) is 3.38. The van der Waals surface area contributed by atoms with Gasteiger partial charge in [-0.3, -0.25) is 0 Å². The standard InChI is InChI=1S/C13H15NOS/c1-3-10-5-4-6-11(7-10)13(15)12-8-16-9(2)14-12/h4-8,13,15H,3H2,1-2H3. The molecule has 0 amide bonds. The molecule has 2 aromatic rings. The van der Waals surface area contributed by atoms with Crippen LogP contribution in [0.25, 0.3) is 0 Å². The number of aryl methyl sites for hydroxylation is 2. The Bertz CT molecular complexity index is 478. The Morgan fingerprint density at radius 1 is 1.44 bits per heavy atom. The predicted molar refractivity (Wildman–Crippen MR) is 66.7 cm³/mol. The van der Waals surface area contributed by atoms with Crippen LogP contribution in [0, 0.1) is 6.92 Å². The summed E-state index contributed by atoms with van der Waals surface area (Å²) in [6.45, 7) is 4.06. The lowest BCUT2D eigenvalue weighted by Gasteiger charge is -2.09. The molecule has 0 fully saturated rings. The molecule has 0 aliphatic heterocycles. The third kappa shape index (κ3) is 2.31. The molecule has 1 heterocycles. The molecule has 0 saturated carbocycles. The second kappa shape index (κ2) is 4.76. The van der Waals surface area contributed by atoms with E-state index in [2.05, 4.69) is 18.0 Å². The Labute approximate surface area is 99.6 Å². The SMILES string of the molecule is CCc1cccc(C(O)c2csc(C)n2)c1. The average Bonchev–Trinajstić information content (AvgIpc) is 2.75. The maximum atomic E-state index is 10.2. The first kappa shape index (κ1) is 11.3. The van der Waals surface area contributed by atoms with E-state index in [9.17, 15) is 5.11 Å². The molecule has 2 rings (SSSR count). The third-order valence-electron chi connectivity index (χ3n) is 2.59. The van der Waals surface area contributed by atoms with Gasteiger partial charge in [0.2, 0.25) is 0 Å². The minimum absolute atomic E-state index is 0.601. The van der Waals surface area contributed by atoms with Gasteiger partial charge in [-0.15, -0.1) is 11.3 Å². The second-order valence-electron chi connectivity index (χ2n) is 3.79. The van der Waals surface area contributed by atoms with Gasteiger partial charge in [0.05, 0.1) is 10.7 Å². The normalized spacial score (nSPS) is 12.7. The monoisotopic (exact) mass is 233 g/mol. The van der Waals surface area contributed by atoms with Gasteiger partial charge in [-0.1, -0.05) is 31.2 Å². The summed E-state index contributed by atoms with van der Waals surface area (Å²) in [6.07, 6.45) is 0.382. The molecular formula is C13H15NOS. The number of benzene rings is 1. The number of hydrogen-bond donors (Lipinski definition) is 1. The fourth-order valence-corrected chi connectivity index (χ4v) is 2.29. The molecule has 16 heavy (non-hydrogen) atoms. The molecule has 1 unspecified atom stereocenters. The van der Waals surface area contributed by atoms with Crippen LogP contribution in [0.4, 0.5) is 0 Å². The predicted octanol–water partition coefficient (Wildman–Crippen LogP) is 3.10. The summed E-state index contributed by atoms with van der Waals surface area (Å²) in [5.74, 6) is 0. The molecule has 3 heteroatoms. The van der Waals surface area contributed by atoms with Crippen molar-refractivity contribution < 1.29 is 5.11 Å². The van der Waals surface area contributed by atoms with Crippen LogP contribution in [0.3, 0.4) is 0 Å². The van der Waals surface area contributed by atoms with Crippen LogP contribution in [0.5, 0.6) is 0 Å². The summed E-state index contributed by atoms with van der Waals surface area (Å²) in [5.41, 5.74) is 2.91. The maximum absolute atomic E-state index is 10.2. The molecule has 0 saturated heterocycles. The first-order chi connectivity index (χ1) is 7.70. The Balaban J connectivity index is 2.29. The van der Waals surface area contributed by atoms with Gasteiger partial charge in [0.15, 0.2) is 0 Å². The Morgan fingerprint density at radius 3 is 2.88 bits per heavy atom. The van der Waals surface area contributed by atoms with Crippen molar-refractivity contribution in [1.82, 2.24) is 4.98 Å². The van der Waals surface area contributed by atoms with Crippen LogP contribution in [0.1, 0.15) is 34.9 Å². The lowest BCUT2D eigenvalue weighted by Crippen LogP contribution is -2.00. The summed E-state index contributed by atoms with van der Waals surface area (Å²) in [7, 11) is 0. The van der Waals surface area contributed by atoms with Crippen molar-refractivity contribution in [3.05, 3.63) is 51.5 Å². The molecule has 2 nitrogen and oxygen atoms in total. The van der Waals surface area contributed by atoms with Gasteiger partial charge in [0, 0.05) is 5.38 Å². The molecule has 0 radical (unpaired) electrons. The largest absolute Gasteiger partial charge is 0.382 e. The molecule has 1 N–H and O–H groups in total. The number of aliphatic hydroxyl groups excluding tert-OH is 1. The lowest BCUT2D eigenvalue weighted by atomic mass is 10.0. The number of aromatic nitrogens is 1. The van der Waals surface area contributed by atoms with Crippen LogP contribution in [-0.4, -0.2) is 10.1 Å². The van der Waals surface area contributed by atoms with Crippen LogP contribution in [0.15, 0.2) is 29.6 Å². The van der Waals surface area contributed by atoms with Gasteiger partial charge in [-0.05, 0) is 24.5 Å². The molecule has 1 aromatic carbocycles. The molecule has 1 aromatic heterocycles. The van der Waals surface area contributed by atoms with E-state index in [1.807, 2.05) is 30.5 Å². The quantitative estimate of drug-likeness (QED) is 0.883. The zero-order valence-corrected chi connectivity index (χ0v) is 10.3. The number of rotatable bonds is 3. The first-order valence-corrected chi connectivity index (χ1v) is 6.27. The van der Waals surface area contributed by atoms with Crippen LogP contribution >= 0.6 is 11.3 Å². The number of nitrogens with zero attached hydrogens (tertiary/aromatic N) is 1. The van der Waals surface area contributed by atoms with Crippen LogP contribution < -0.4 is 0 Å². The number of aliphatic hydroxyl groups is 1. The molecule has 84 valence electrons. The van der Waals surface area contributed by atoms with Gasteiger partial charge >= 0.3 is 0 Å². The topological polar surface area (TPSA) is 33.1 Å². The second-order valence-corrected chi connectivity index (χ2v) is 4.85. The maximum Gasteiger partial charge on any atom is 0.122 e. The summed E-state index contributed by atoms with van der Waals surface area (Å²) in [4.78, 5) is 4.31. The molecule has 0 aliphatic rings. The van der Waals surface area contributed by atoms with E-state index in [4.69, 9.17) is 0 Å². The zero-order valence-electron chi connectivity index (χ0n) is 9.47. The first-order valence-electron chi connectivity index (χ1n) is 5.39. The molecule has 0 bridgehead atoms. The van der Waals surface area contributed by atoms with Crippen LogP contribution in [0.2, 0.25) is 0 Å². The van der Waals surface area contributed by atoms with Crippen LogP contribution in [-0.2, 0) is 6.42 Å². The molecular weight excluding hydrogens is 218 g/mol. The van der Waals surface area contributed by atoms with E-state index in [1.165, 1.54) is 5.56 Å². The van der Waals surface area contributed by atoms with Crippen molar-refractivity contribution in [2.75, 3.05) is 0 Å². The highest BCUT2D eigenvalue weighted by Crippen LogP contribution is 2.23. The van der Waals surface area contributed by atoms with E-state index in [0.717, 1.165) is 22.7 Å². The minimum atomic E-state index is -0.601. The summed E-state index contributed by atoms with van der Waals surface area (Å²) < 4.78 is 0. The van der Waals surface area contributed by atoms with Gasteiger partial charge < -0.3 is 5.11 Å². The van der Waals surface area contributed by atoms with E-state index < -0.39 is 6.10 Å². The summed E-state index contributed by atoms with van der Waals surface area (Å²) >= 11 is 1.57. The Kier molecular flexibility index (Phi) is 3.36. The summed E-state index contributed by atoms with van der Waals surface area (Å²) in [5, 5.41) is 13.1. The van der Waals surface area contributed by atoms with Crippen molar-refractivity contribution in [3.63, 3.8) is 0 Å². The number of hydrogen-bond acceptors (Lipinski definition) is 3. The molecule has 1 atom stereocenters. The van der Waals surface area contributed by atoms with E-state index >= 15 is 0 Å². The van der Waals surface area contributed by atoms with Crippen molar-refractivity contribution >= 4 is 11.3 Å². The minimum Gasteiger partial charge on any atom is -0.382 e. The van der Waals surface area contributed by atoms with E-state index in [1.54, 1.807) is 11.3 Å². The lowest BCUT2D eigenvalue weighted by molar-refractivity contribution is 0.216. The van der Waals surface area contributed by atoms with Gasteiger partial charge in [0.1, 0.15) is 6.10 Å².